The second-order valence-corrected chi connectivity index (χ2v) is 7.60. The van der Waals surface area contributed by atoms with Crippen molar-refractivity contribution in [2.75, 3.05) is 14.2 Å². The molecular weight excluding hydrogens is 383 g/mol. The molecule has 4 aromatic rings. The second-order valence-electron chi connectivity index (χ2n) is 7.60. The molecule has 1 aromatic heterocycles. The molecule has 0 radical (unpaired) electrons. The Hall–Kier alpha value is -3.60. The van der Waals surface area contributed by atoms with Crippen LogP contribution in [0.5, 0.6) is 11.5 Å². The van der Waals surface area contributed by atoms with Crippen LogP contribution in [0.2, 0.25) is 0 Å². The zero-order valence-corrected chi connectivity index (χ0v) is 18.6. The van der Waals surface area contributed by atoms with Crippen LogP contribution in [-0.2, 0) is 0 Å². The number of methoxy groups -OCH3 is 2. The van der Waals surface area contributed by atoms with E-state index in [9.17, 15) is 0 Å². The Bertz CT molecular complexity index is 1130. The molecule has 0 saturated carbocycles. The minimum atomic E-state index is 0.741. The van der Waals surface area contributed by atoms with Crippen molar-refractivity contribution in [3.63, 3.8) is 0 Å². The number of aryl methyl sites for hydroxylation is 2. The Balaban J connectivity index is 1.89. The first-order valence-corrected chi connectivity index (χ1v) is 10.2. The van der Waals surface area contributed by atoms with E-state index < -0.39 is 0 Å². The van der Waals surface area contributed by atoms with Gasteiger partial charge in [-0.05, 0) is 84.0 Å². The topological polar surface area (TPSA) is 44.2 Å². The van der Waals surface area contributed by atoms with Gasteiger partial charge in [0.2, 0.25) is 0 Å². The molecule has 4 nitrogen and oxygen atoms in total. The van der Waals surface area contributed by atoms with Crippen molar-refractivity contribution in [1.29, 1.82) is 0 Å². The van der Waals surface area contributed by atoms with Crippen molar-refractivity contribution in [3.8, 4) is 45.1 Å². The maximum absolute atomic E-state index is 5.32. The van der Waals surface area contributed by atoms with Crippen molar-refractivity contribution >= 4 is 13.3 Å². The predicted molar refractivity (Wildman–Crippen MR) is 129 cm³/mol. The first-order valence-electron chi connectivity index (χ1n) is 10.2. The fourth-order valence-corrected chi connectivity index (χ4v) is 3.56. The van der Waals surface area contributed by atoms with E-state index in [4.69, 9.17) is 19.4 Å². The number of aromatic nitrogens is 2. The van der Waals surface area contributed by atoms with E-state index in [1.54, 1.807) is 14.2 Å². The largest absolute Gasteiger partial charge is 0.497 e. The van der Waals surface area contributed by atoms with Gasteiger partial charge in [0.25, 0.3) is 0 Å². The first-order chi connectivity index (χ1) is 15.0. The summed E-state index contributed by atoms with van der Waals surface area (Å²) in [4.78, 5) is 9.55. The molecule has 1 heterocycles. The lowest BCUT2D eigenvalue weighted by Gasteiger charge is -2.13. The summed E-state index contributed by atoms with van der Waals surface area (Å²) >= 11 is 0. The van der Waals surface area contributed by atoms with Crippen LogP contribution in [0, 0.1) is 13.8 Å². The first kappa shape index (κ1) is 20.7. The number of hydrogen-bond donors (Lipinski definition) is 0. The van der Waals surface area contributed by atoms with Crippen LogP contribution >= 0.6 is 0 Å². The Morgan fingerprint density at radius 1 is 0.581 bits per heavy atom. The molecule has 0 atom stereocenters. The van der Waals surface area contributed by atoms with E-state index >= 15 is 0 Å². The van der Waals surface area contributed by atoms with Crippen LogP contribution in [0.15, 0.2) is 66.7 Å². The summed E-state index contributed by atoms with van der Waals surface area (Å²) in [6.45, 7) is 4.07. The quantitative estimate of drug-likeness (QED) is 0.460. The van der Waals surface area contributed by atoms with Gasteiger partial charge in [-0.2, -0.15) is 0 Å². The van der Waals surface area contributed by atoms with E-state index in [-0.39, 0.29) is 0 Å². The third-order valence-electron chi connectivity index (χ3n) is 5.67. The summed E-state index contributed by atoms with van der Waals surface area (Å²) in [6.07, 6.45) is 0. The third-order valence-corrected chi connectivity index (χ3v) is 5.67. The summed E-state index contributed by atoms with van der Waals surface area (Å²) in [5.74, 6) is 2.41. The van der Waals surface area contributed by atoms with Gasteiger partial charge in [0.15, 0.2) is 5.82 Å². The molecule has 0 N–H and O–H groups in total. The average molecular weight is 408 g/mol. The van der Waals surface area contributed by atoms with Gasteiger partial charge >= 0.3 is 0 Å². The van der Waals surface area contributed by atoms with Crippen LogP contribution in [-0.4, -0.2) is 32.0 Å². The standard InChI is InChI=1S/C26H25BN2O2/c1-16-25(27)17(2)29-26(28-16)22-14-20(18-5-9-23(30-3)10-6-18)13-21(15-22)19-7-11-24(31-4)12-8-19/h5-15H,27H2,1-4H3. The number of benzene rings is 3. The molecule has 5 heteroatoms. The SMILES string of the molecule is Bc1c(C)nc(-c2cc(-c3ccc(OC)cc3)cc(-c3ccc(OC)cc3)c2)nc1C. The molecule has 31 heavy (non-hydrogen) atoms. The van der Waals surface area contributed by atoms with Crippen molar-refractivity contribution in [1.82, 2.24) is 9.97 Å². The average Bonchev–Trinajstić information content (AvgIpc) is 2.82. The Kier molecular flexibility index (Phi) is 5.76. The summed E-state index contributed by atoms with van der Waals surface area (Å²) in [7, 11) is 5.42. The Morgan fingerprint density at radius 2 is 0.968 bits per heavy atom. The van der Waals surface area contributed by atoms with E-state index in [2.05, 4.69) is 50.3 Å². The minimum Gasteiger partial charge on any atom is -0.497 e. The highest BCUT2D eigenvalue weighted by atomic mass is 16.5. The fraction of sp³-hybridized carbons (Fsp3) is 0.154. The van der Waals surface area contributed by atoms with E-state index in [1.165, 1.54) is 0 Å². The fourth-order valence-electron chi connectivity index (χ4n) is 3.56. The number of ether oxygens (including phenoxy) is 2. The van der Waals surface area contributed by atoms with Crippen LogP contribution in [0.3, 0.4) is 0 Å². The van der Waals surface area contributed by atoms with Gasteiger partial charge in [-0.1, -0.05) is 24.3 Å². The normalized spacial score (nSPS) is 10.7. The smallest absolute Gasteiger partial charge is 0.159 e. The summed E-state index contributed by atoms with van der Waals surface area (Å²) in [5.41, 5.74) is 8.55. The number of rotatable bonds is 5. The summed E-state index contributed by atoms with van der Waals surface area (Å²) in [5, 5.41) is 0. The molecule has 0 aliphatic carbocycles. The van der Waals surface area contributed by atoms with Gasteiger partial charge in [0.1, 0.15) is 19.3 Å². The van der Waals surface area contributed by atoms with Crippen molar-refractivity contribution in [2.45, 2.75) is 13.8 Å². The van der Waals surface area contributed by atoms with Gasteiger partial charge in [0, 0.05) is 17.0 Å². The molecule has 0 aliphatic rings. The summed E-state index contributed by atoms with van der Waals surface area (Å²) in [6, 6.07) is 22.7. The van der Waals surface area contributed by atoms with Gasteiger partial charge in [-0.15, -0.1) is 0 Å². The molecule has 0 unspecified atom stereocenters. The lowest BCUT2D eigenvalue weighted by atomic mass is 9.92. The zero-order chi connectivity index (χ0) is 22.0. The van der Waals surface area contributed by atoms with Crippen LogP contribution in [0.4, 0.5) is 0 Å². The van der Waals surface area contributed by atoms with Crippen molar-refractivity contribution < 1.29 is 9.47 Å². The van der Waals surface area contributed by atoms with Gasteiger partial charge in [-0.25, -0.2) is 9.97 Å². The van der Waals surface area contributed by atoms with Gasteiger partial charge < -0.3 is 9.47 Å². The molecule has 0 aliphatic heterocycles. The lowest BCUT2D eigenvalue weighted by Crippen LogP contribution is -2.16. The highest BCUT2D eigenvalue weighted by Gasteiger charge is 2.12. The zero-order valence-electron chi connectivity index (χ0n) is 18.6. The summed E-state index contributed by atoms with van der Waals surface area (Å²) < 4.78 is 10.6. The maximum Gasteiger partial charge on any atom is 0.159 e. The molecule has 0 amide bonds. The Labute approximate surface area is 184 Å². The monoisotopic (exact) mass is 408 g/mol. The third kappa shape index (κ3) is 4.31. The predicted octanol–water partition coefficient (Wildman–Crippen LogP) is 4.37. The molecule has 4 rings (SSSR count). The van der Waals surface area contributed by atoms with Crippen LogP contribution in [0.1, 0.15) is 11.4 Å². The number of nitrogens with zero attached hydrogens (tertiary/aromatic N) is 2. The Morgan fingerprint density at radius 3 is 1.35 bits per heavy atom. The van der Waals surface area contributed by atoms with Crippen LogP contribution < -0.4 is 14.9 Å². The van der Waals surface area contributed by atoms with Gasteiger partial charge in [0.05, 0.1) is 14.2 Å². The second kappa shape index (κ2) is 8.64. The lowest BCUT2D eigenvalue weighted by molar-refractivity contribution is 0.415. The molecule has 0 spiro atoms. The van der Waals surface area contributed by atoms with Crippen molar-refractivity contribution in [3.05, 3.63) is 78.1 Å². The highest BCUT2D eigenvalue weighted by molar-refractivity contribution is 6.33. The van der Waals surface area contributed by atoms with Crippen molar-refractivity contribution in [2.24, 2.45) is 0 Å². The van der Waals surface area contributed by atoms with E-state index in [1.807, 2.05) is 38.1 Å². The molecular formula is C26H25BN2O2. The number of hydrogen-bond acceptors (Lipinski definition) is 4. The van der Waals surface area contributed by atoms with Crippen LogP contribution in [0.25, 0.3) is 33.6 Å². The molecule has 0 bridgehead atoms. The molecule has 0 saturated heterocycles. The minimum absolute atomic E-state index is 0.741. The molecule has 0 fully saturated rings. The molecule has 3 aromatic carbocycles. The van der Waals surface area contributed by atoms with E-state index in [0.717, 1.165) is 62.0 Å². The highest BCUT2D eigenvalue weighted by Crippen LogP contribution is 2.33. The maximum atomic E-state index is 5.32. The van der Waals surface area contributed by atoms with E-state index in [0.29, 0.717) is 0 Å². The molecule has 154 valence electrons. The van der Waals surface area contributed by atoms with Gasteiger partial charge in [-0.3, -0.25) is 0 Å².